The molecule has 124 valence electrons. The first-order chi connectivity index (χ1) is 12.1. The third-order valence-electron chi connectivity index (χ3n) is 4.14. The van der Waals surface area contributed by atoms with E-state index < -0.39 is 0 Å². The second-order valence-corrected chi connectivity index (χ2v) is 6.88. The van der Waals surface area contributed by atoms with Crippen LogP contribution in [0.15, 0.2) is 65.0 Å². The summed E-state index contributed by atoms with van der Waals surface area (Å²) in [4.78, 5) is 17.3. The fourth-order valence-corrected chi connectivity index (χ4v) is 3.83. The van der Waals surface area contributed by atoms with Crippen LogP contribution >= 0.6 is 11.3 Å². The highest BCUT2D eigenvalue weighted by molar-refractivity contribution is 7.17. The van der Waals surface area contributed by atoms with E-state index in [2.05, 4.69) is 11.1 Å². The summed E-state index contributed by atoms with van der Waals surface area (Å²) in [6.45, 7) is 2.42. The van der Waals surface area contributed by atoms with Gasteiger partial charge < -0.3 is 0 Å². The molecule has 0 unspecified atom stereocenters. The average molecular weight is 350 g/mol. The first-order valence-electron chi connectivity index (χ1n) is 7.90. The fraction of sp³-hybridized carbons (Fsp3) is 0.100. The topological polar surface area (TPSA) is 34.9 Å². The number of benzene rings is 2. The maximum Gasteiger partial charge on any atom is 0.271 e. The molecule has 2 heterocycles. The maximum absolute atomic E-state index is 13.0. The van der Waals surface area contributed by atoms with Crippen molar-refractivity contribution in [2.24, 2.45) is 0 Å². The third-order valence-corrected chi connectivity index (χ3v) is 5.10. The van der Waals surface area contributed by atoms with Gasteiger partial charge in [-0.2, -0.15) is 0 Å². The number of hydrogen-bond donors (Lipinski definition) is 0. The van der Waals surface area contributed by atoms with Crippen molar-refractivity contribution in [2.45, 2.75) is 13.5 Å². The van der Waals surface area contributed by atoms with E-state index in [9.17, 15) is 9.18 Å². The Morgan fingerprint density at radius 3 is 2.72 bits per heavy atom. The molecule has 3 nitrogen and oxygen atoms in total. The van der Waals surface area contributed by atoms with Crippen LogP contribution in [-0.4, -0.2) is 9.55 Å². The van der Waals surface area contributed by atoms with Crippen molar-refractivity contribution >= 4 is 21.6 Å². The molecule has 0 aliphatic carbocycles. The SMILES string of the molecule is Cc1cccc(-c2csc3c(=O)n(Cc4ccc(F)cc4)cnc23)c1. The number of fused-ring (bicyclic) bond motifs is 1. The lowest BCUT2D eigenvalue weighted by Crippen LogP contribution is -2.20. The number of aryl methyl sites for hydroxylation is 1. The van der Waals surface area contributed by atoms with E-state index in [1.165, 1.54) is 29.0 Å². The molecule has 0 saturated heterocycles. The summed E-state index contributed by atoms with van der Waals surface area (Å²) in [6.07, 6.45) is 1.57. The highest BCUT2D eigenvalue weighted by Gasteiger charge is 2.12. The molecule has 2 aromatic carbocycles. The first kappa shape index (κ1) is 15.7. The van der Waals surface area contributed by atoms with Crippen molar-refractivity contribution in [2.75, 3.05) is 0 Å². The first-order valence-corrected chi connectivity index (χ1v) is 8.78. The van der Waals surface area contributed by atoms with E-state index in [4.69, 9.17) is 0 Å². The Morgan fingerprint density at radius 1 is 1.16 bits per heavy atom. The third kappa shape index (κ3) is 2.98. The Morgan fingerprint density at radius 2 is 1.96 bits per heavy atom. The van der Waals surface area contributed by atoms with Gasteiger partial charge in [0.05, 0.1) is 18.4 Å². The Labute approximate surface area is 148 Å². The minimum atomic E-state index is -0.286. The van der Waals surface area contributed by atoms with Gasteiger partial charge in [-0.25, -0.2) is 9.37 Å². The van der Waals surface area contributed by atoms with Crippen molar-refractivity contribution in [3.05, 3.63) is 87.5 Å². The van der Waals surface area contributed by atoms with Gasteiger partial charge in [-0.3, -0.25) is 9.36 Å². The van der Waals surface area contributed by atoms with Crippen LogP contribution in [0.3, 0.4) is 0 Å². The van der Waals surface area contributed by atoms with Gasteiger partial charge in [0.2, 0.25) is 0 Å². The van der Waals surface area contributed by atoms with Crippen molar-refractivity contribution < 1.29 is 4.39 Å². The number of halogens is 1. The van der Waals surface area contributed by atoms with Gasteiger partial charge in [-0.05, 0) is 30.2 Å². The van der Waals surface area contributed by atoms with Gasteiger partial charge in [-0.15, -0.1) is 11.3 Å². The summed E-state index contributed by atoms with van der Waals surface area (Å²) in [5.74, 6) is -0.286. The minimum Gasteiger partial charge on any atom is -0.294 e. The fourth-order valence-electron chi connectivity index (χ4n) is 2.86. The van der Waals surface area contributed by atoms with Crippen LogP contribution in [0, 0.1) is 12.7 Å². The Hall–Kier alpha value is -2.79. The molecule has 0 saturated carbocycles. The quantitative estimate of drug-likeness (QED) is 0.540. The summed E-state index contributed by atoms with van der Waals surface area (Å²) in [6, 6.07) is 14.3. The predicted molar refractivity (Wildman–Crippen MR) is 99.6 cm³/mol. The molecule has 0 aliphatic heterocycles. The summed E-state index contributed by atoms with van der Waals surface area (Å²) in [5.41, 5.74) is 4.74. The highest BCUT2D eigenvalue weighted by atomic mass is 32.1. The van der Waals surface area contributed by atoms with Crippen molar-refractivity contribution in [3.8, 4) is 11.1 Å². The lowest BCUT2D eigenvalue weighted by atomic mass is 10.1. The van der Waals surface area contributed by atoms with Crippen molar-refractivity contribution in [1.82, 2.24) is 9.55 Å². The second-order valence-electron chi connectivity index (χ2n) is 6.00. The van der Waals surface area contributed by atoms with E-state index in [0.717, 1.165) is 22.2 Å². The Kier molecular flexibility index (Phi) is 3.93. The van der Waals surface area contributed by atoms with Crippen molar-refractivity contribution in [3.63, 3.8) is 0 Å². The van der Waals surface area contributed by atoms with Crippen molar-refractivity contribution in [1.29, 1.82) is 0 Å². The molecule has 0 spiro atoms. The molecule has 0 bridgehead atoms. The molecule has 4 aromatic rings. The highest BCUT2D eigenvalue weighted by Crippen LogP contribution is 2.31. The minimum absolute atomic E-state index is 0.0711. The number of aromatic nitrogens is 2. The smallest absolute Gasteiger partial charge is 0.271 e. The van der Waals surface area contributed by atoms with Crippen LogP contribution in [0.4, 0.5) is 4.39 Å². The average Bonchev–Trinajstić information content (AvgIpc) is 3.04. The van der Waals surface area contributed by atoms with Gasteiger partial charge in [0.1, 0.15) is 10.5 Å². The summed E-state index contributed by atoms with van der Waals surface area (Å²) >= 11 is 1.41. The van der Waals surface area contributed by atoms with Gasteiger partial charge in [-0.1, -0.05) is 42.0 Å². The van der Waals surface area contributed by atoms with Crippen LogP contribution in [0.2, 0.25) is 0 Å². The number of rotatable bonds is 3. The van der Waals surface area contributed by atoms with Gasteiger partial charge in [0.15, 0.2) is 0 Å². The van der Waals surface area contributed by atoms with Crippen LogP contribution in [0.5, 0.6) is 0 Å². The Bertz CT molecular complexity index is 1110. The van der Waals surface area contributed by atoms with E-state index in [0.29, 0.717) is 11.2 Å². The van der Waals surface area contributed by atoms with Crippen LogP contribution in [-0.2, 0) is 6.54 Å². The molecular weight excluding hydrogens is 335 g/mol. The summed E-state index contributed by atoms with van der Waals surface area (Å²) in [5, 5.41) is 1.98. The van der Waals surface area contributed by atoms with E-state index in [-0.39, 0.29) is 11.4 Å². The Balaban J connectivity index is 1.77. The molecule has 0 amide bonds. The number of nitrogens with zero attached hydrogens (tertiary/aromatic N) is 2. The molecule has 5 heteroatoms. The number of thiophene rings is 1. The lowest BCUT2D eigenvalue weighted by Gasteiger charge is -2.06. The summed E-state index contributed by atoms with van der Waals surface area (Å²) < 4.78 is 15.2. The molecule has 0 fully saturated rings. The van der Waals surface area contributed by atoms with E-state index >= 15 is 0 Å². The molecule has 0 N–H and O–H groups in total. The van der Waals surface area contributed by atoms with Gasteiger partial charge >= 0.3 is 0 Å². The number of hydrogen-bond acceptors (Lipinski definition) is 3. The van der Waals surface area contributed by atoms with Crippen LogP contribution in [0.25, 0.3) is 21.3 Å². The zero-order valence-corrected chi connectivity index (χ0v) is 14.4. The summed E-state index contributed by atoms with van der Waals surface area (Å²) in [7, 11) is 0. The zero-order chi connectivity index (χ0) is 17.4. The van der Waals surface area contributed by atoms with Gasteiger partial charge in [0.25, 0.3) is 5.56 Å². The zero-order valence-electron chi connectivity index (χ0n) is 13.6. The molecule has 0 radical (unpaired) electrons. The molecule has 25 heavy (non-hydrogen) atoms. The standard InChI is InChI=1S/C20H15FN2OS/c1-13-3-2-4-15(9-13)17-11-25-19-18(17)22-12-23(20(19)24)10-14-5-7-16(21)8-6-14/h2-9,11-12H,10H2,1H3. The van der Waals surface area contributed by atoms with Gasteiger partial charge in [0, 0.05) is 10.9 Å². The van der Waals surface area contributed by atoms with E-state index in [1.54, 1.807) is 23.0 Å². The molecule has 4 rings (SSSR count). The monoisotopic (exact) mass is 350 g/mol. The molecule has 0 atom stereocenters. The molecule has 0 aliphatic rings. The predicted octanol–water partition coefficient (Wildman–Crippen LogP) is 4.62. The largest absolute Gasteiger partial charge is 0.294 e. The molecule has 2 aromatic heterocycles. The van der Waals surface area contributed by atoms with Crippen LogP contribution < -0.4 is 5.56 Å². The molecular formula is C20H15FN2OS. The lowest BCUT2D eigenvalue weighted by molar-refractivity contribution is 0.626. The normalized spacial score (nSPS) is 11.1. The second kappa shape index (κ2) is 6.26. The van der Waals surface area contributed by atoms with E-state index in [1.807, 2.05) is 30.5 Å². The maximum atomic E-state index is 13.0. The van der Waals surface area contributed by atoms with Crippen LogP contribution in [0.1, 0.15) is 11.1 Å².